The third kappa shape index (κ3) is 2.52. The Bertz CT molecular complexity index is 763. The fourth-order valence-electron chi connectivity index (χ4n) is 2.55. The van der Waals surface area contributed by atoms with E-state index in [2.05, 4.69) is 16.4 Å². The van der Waals surface area contributed by atoms with Gasteiger partial charge in [-0.15, -0.1) is 5.10 Å². The van der Waals surface area contributed by atoms with Crippen LogP contribution < -0.4 is 5.56 Å². The smallest absolute Gasteiger partial charge is 0.266 e. The third-order valence-corrected chi connectivity index (χ3v) is 3.61. The summed E-state index contributed by atoms with van der Waals surface area (Å²) in [6.07, 6.45) is 2.09. The van der Waals surface area contributed by atoms with Gasteiger partial charge in [-0.2, -0.15) is 10.4 Å². The second-order valence-electron chi connectivity index (χ2n) is 5.42. The first-order chi connectivity index (χ1) is 10.1. The number of aromatic nitrogens is 4. The zero-order valence-corrected chi connectivity index (χ0v) is 12.0. The molecule has 3 rings (SSSR count). The SMILES string of the molecule is Cc1cc(C)n(-c2ccc(=O)n(CC3CN(C#N)C3)n2)n1. The molecule has 0 bridgehead atoms. The number of hydrogen-bond donors (Lipinski definition) is 0. The van der Waals surface area contributed by atoms with Gasteiger partial charge in [-0.1, -0.05) is 0 Å². The van der Waals surface area contributed by atoms with Gasteiger partial charge < -0.3 is 4.90 Å². The van der Waals surface area contributed by atoms with Gasteiger partial charge in [0.05, 0.1) is 12.2 Å². The topological polar surface area (TPSA) is 79.7 Å². The minimum atomic E-state index is -0.129. The quantitative estimate of drug-likeness (QED) is 0.765. The molecule has 7 heteroatoms. The minimum Gasteiger partial charge on any atom is -0.310 e. The van der Waals surface area contributed by atoms with Crippen LogP contribution in [0.25, 0.3) is 5.82 Å². The minimum absolute atomic E-state index is 0.129. The number of likely N-dealkylation sites (tertiary alicyclic amines) is 1. The molecule has 0 aromatic carbocycles. The number of aryl methyl sites for hydroxylation is 2. The number of rotatable bonds is 3. The van der Waals surface area contributed by atoms with Crippen LogP contribution >= 0.6 is 0 Å². The molecule has 108 valence electrons. The molecular formula is C14H16N6O. The molecule has 0 spiro atoms. The Morgan fingerprint density at radius 1 is 1.33 bits per heavy atom. The maximum absolute atomic E-state index is 11.9. The molecule has 7 nitrogen and oxygen atoms in total. The summed E-state index contributed by atoms with van der Waals surface area (Å²) in [4.78, 5) is 13.6. The fraction of sp³-hybridized carbons (Fsp3) is 0.429. The highest BCUT2D eigenvalue weighted by Crippen LogP contribution is 2.15. The molecule has 1 saturated heterocycles. The highest BCUT2D eigenvalue weighted by molar-refractivity contribution is 5.23. The van der Waals surface area contributed by atoms with Crippen molar-refractivity contribution >= 4 is 0 Å². The van der Waals surface area contributed by atoms with E-state index in [9.17, 15) is 4.79 Å². The van der Waals surface area contributed by atoms with Crippen molar-refractivity contribution in [2.24, 2.45) is 5.92 Å². The van der Waals surface area contributed by atoms with E-state index in [4.69, 9.17) is 5.26 Å². The average molecular weight is 284 g/mol. The first-order valence-corrected chi connectivity index (χ1v) is 6.83. The lowest BCUT2D eigenvalue weighted by Gasteiger charge is -2.34. The van der Waals surface area contributed by atoms with Crippen molar-refractivity contribution in [3.8, 4) is 12.0 Å². The summed E-state index contributed by atoms with van der Waals surface area (Å²) in [7, 11) is 0. The molecule has 0 amide bonds. The first-order valence-electron chi connectivity index (χ1n) is 6.83. The van der Waals surface area contributed by atoms with E-state index in [0.717, 1.165) is 11.4 Å². The summed E-state index contributed by atoms with van der Waals surface area (Å²) in [6, 6.07) is 5.16. The molecule has 3 heterocycles. The molecule has 0 N–H and O–H groups in total. The van der Waals surface area contributed by atoms with Crippen molar-refractivity contribution in [2.45, 2.75) is 20.4 Å². The van der Waals surface area contributed by atoms with Gasteiger partial charge in [0.25, 0.3) is 5.56 Å². The second kappa shape index (κ2) is 5.05. The van der Waals surface area contributed by atoms with Gasteiger partial charge in [0.2, 0.25) is 0 Å². The van der Waals surface area contributed by atoms with E-state index in [1.807, 2.05) is 19.9 Å². The van der Waals surface area contributed by atoms with Crippen LogP contribution in [-0.4, -0.2) is 37.6 Å². The lowest BCUT2D eigenvalue weighted by Crippen LogP contribution is -2.46. The fourth-order valence-corrected chi connectivity index (χ4v) is 2.55. The summed E-state index contributed by atoms with van der Waals surface area (Å²) in [6.45, 7) is 5.78. The average Bonchev–Trinajstić information content (AvgIpc) is 2.74. The van der Waals surface area contributed by atoms with Gasteiger partial charge in [0, 0.05) is 30.8 Å². The number of hydrogen-bond acceptors (Lipinski definition) is 5. The predicted molar refractivity (Wildman–Crippen MR) is 75.8 cm³/mol. The predicted octanol–water partition coefficient (Wildman–Crippen LogP) is 0.459. The maximum Gasteiger partial charge on any atom is 0.266 e. The summed E-state index contributed by atoms with van der Waals surface area (Å²) < 4.78 is 3.19. The van der Waals surface area contributed by atoms with Crippen molar-refractivity contribution in [3.63, 3.8) is 0 Å². The van der Waals surface area contributed by atoms with Gasteiger partial charge in [-0.3, -0.25) is 4.79 Å². The Labute approximate surface area is 122 Å². The van der Waals surface area contributed by atoms with Gasteiger partial charge in [0.1, 0.15) is 0 Å². The van der Waals surface area contributed by atoms with E-state index in [0.29, 0.717) is 31.4 Å². The van der Waals surface area contributed by atoms with Crippen LogP contribution in [0.1, 0.15) is 11.4 Å². The Morgan fingerprint density at radius 2 is 2.10 bits per heavy atom. The lowest BCUT2D eigenvalue weighted by atomic mass is 10.0. The van der Waals surface area contributed by atoms with Crippen molar-refractivity contribution in [1.82, 2.24) is 24.5 Å². The summed E-state index contributed by atoms with van der Waals surface area (Å²) >= 11 is 0. The summed E-state index contributed by atoms with van der Waals surface area (Å²) in [5.74, 6) is 0.933. The van der Waals surface area contributed by atoms with Crippen molar-refractivity contribution in [3.05, 3.63) is 39.9 Å². The summed E-state index contributed by atoms with van der Waals surface area (Å²) in [5, 5.41) is 17.5. The molecule has 2 aromatic rings. The molecule has 0 radical (unpaired) electrons. The van der Waals surface area contributed by atoms with Crippen LogP contribution in [0.2, 0.25) is 0 Å². The number of nitrogens with zero attached hydrogens (tertiary/aromatic N) is 6. The molecule has 21 heavy (non-hydrogen) atoms. The standard InChI is InChI=1S/C14H16N6O/c1-10-5-11(2)20(16-10)13-3-4-14(21)19(17-13)8-12-6-18(7-12)9-15/h3-5,12H,6-8H2,1-2H3. The van der Waals surface area contributed by atoms with E-state index >= 15 is 0 Å². The number of nitriles is 1. The van der Waals surface area contributed by atoms with Crippen molar-refractivity contribution in [1.29, 1.82) is 5.26 Å². The lowest BCUT2D eigenvalue weighted by molar-refractivity contribution is 0.146. The third-order valence-electron chi connectivity index (χ3n) is 3.61. The molecule has 0 aliphatic carbocycles. The molecule has 1 aliphatic heterocycles. The zero-order valence-electron chi connectivity index (χ0n) is 12.0. The van der Waals surface area contributed by atoms with Crippen LogP contribution in [0, 0.1) is 31.2 Å². The highest BCUT2D eigenvalue weighted by atomic mass is 16.1. The van der Waals surface area contributed by atoms with E-state index in [1.54, 1.807) is 15.6 Å². The van der Waals surface area contributed by atoms with E-state index in [-0.39, 0.29) is 5.56 Å². The van der Waals surface area contributed by atoms with Crippen molar-refractivity contribution < 1.29 is 0 Å². The molecular weight excluding hydrogens is 268 g/mol. The van der Waals surface area contributed by atoms with Gasteiger partial charge in [0.15, 0.2) is 12.0 Å². The second-order valence-corrected chi connectivity index (χ2v) is 5.42. The molecule has 0 unspecified atom stereocenters. The Balaban J connectivity index is 1.85. The van der Waals surface area contributed by atoms with Gasteiger partial charge >= 0.3 is 0 Å². The molecule has 0 saturated carbocycles. The molecule has 1 aliphatic rings. The monoisotopic (exact) mass is 284 g/mol. The van der Waals surface area contributed by atoms with Crippen molar-refractivity contribution in [2.75, 3.05) is 13.1 Å². The largest absolute Gasteiger partial charge is 0.310 e. The van der Waals surface area contributed by atoms with Gasteiger partial charge in [-0.05, 0) is 26.0 Å². The summed E-state index contributed by atoms with van der Waals surface area (Å²) in [5.41, 5.74) is 1.76. The van der Waals surface area contributed by atoms with E-state index in [1.165, 1.54) is 10.7 Å². The molecule has 2 aromatic heterocycles. The van der Waals surface area contributed by atoms with E-state index < -0.39 is 0 Å². The normalized spacial score (nSPS) is 14.8. The Kier molecular flexibility index (Phi) is 3.22. The van der Waals surface area contributed by atoms with Crippen LogP contribution in [0.3, 0.4) is 0 Å². The van der Waals surface area contributed by atoms with Crippen LogP contribution in [0.4, 0.5) is 0 Å². The Hall–Kier alpha value is -2.62. The molecule has 0 atom stereocenters. The van der Waals surface area contributed by atoms with Crippen LogP contribution in [0.15, 0.2) is 23.0 Å². The zero-order chi connectivity index (χ0) is 15.0. The highest BCUT2D eigenvalue weighted by Gasteiger charge is 2.26. The Morgan fingerprint density at radius 3 is 2.71 bits per heavy atom. The maximum atomic E-state index is 11.9. The molecule has 1 fully saturated rings. The van der Waals surface area contributed by atoms with Gasteiger partial charge in [-0.25, -0.2) is 9.36 Å². The first kappa shape index (κ1) is 13.4. The van der Waals surface area contributed by atoms with Crippen LogP contribution in [-0.2, 0) is 6.54 Å². The van der Waals surface area contributed by atoms with Crippen LogP contribution in [0.5, 0.6) is 0 Å².